The van der Waals surface area contributed by atoms with Gasteiger partial charge in [-0.3, -0.25) is 0 Å². The van der Waals surface area contributed by atoms with E-state index >= 15 is 0 Å². The first kappa shape index (κ1) is 13.8. The summed E-state index contributed by atoms with van der Waals surface area (Å²) in [6.45, 7) is -0.724. The third-order valence-corrected chi connectivity index (χ3v) is 2.73. The highest BCUT2D eigenvalue weighted by atomic mass is 19.4. The van der Waals surface area contributed by atoms with Crippen LogP contribution in [-0.2, 0) is 13.2 Å². The number of fused-ring (bicyclic) bond motifs is 1. The highest BCUT2D eigenvalue weighted by Gasteiger charge is 2.41. The molecular formula is C11H11F3N2O3. The van der Waals surface area contributed by atoms with Crippen LogP contribution >= 0.6 is 0 Å². The molecule has 5 nitrogen and oxygen atoms in total. The van der Waals surface area contributed by atoms with Gasteiger partial charge in [0.05, 0.1) is 24.2 Å². The third kappa shape index (κ3) is 2.55. The minimum atomic E-state index is -4.81. The van der Waals surface area contributed by atoms with E-state index in [1.807, 2.05) is 0 Å². The van der Waals surface area contributed by atoms with Crippen molar-refractivity contribution in [3.8, 4) is 0 Å². The predicted octanol–water partition coefficient (Wildman–Crippen LogP) is 1.14. The van der Waals surface area contributed by atoms with Gasteiger partial charge in [-0.1, -0.05) is 0 Å². The van der Waals surface area contributed by atoms with Crippen molar-refractivity contribution < 1.29 is 28.5 Å². The molecule has 8 heteroatoms. The molecule has 1 atom stereocenters. The van der Waals surface area contributed by atoms with Crippen LogP contribution in [0.5, 0.6) is 0 Å². The molecule has 0 aliphatic heterocycles. The zero-order chi connectivity index (χ0) is 14.2. The highest BCUT2D eigenvalue weighted by molar-refractivity contribution is 5.77. The number of hydrogen-bond acceptors (Lipinski definition) is 4. The summed E-state index contributed by atoms with van der Waals surface area (Å²) in [4.78, 5) is 6.00. The van der Waals surface area contributed by atoms with E-state index < -0.39 is 18.1 Å². The summed E-state index contributed by atoms with van der Waals surface area (Å²) in [7, 11) is 0. The second-order valence-electron chi connectivity index (χ2n) is 4.02. The van der Waals surface area contributed by atoms with E-state index in [0.717, 1.165) is 0 Å². The number of nitrogens with zero attached hydrogens (tertiary/aromatic N) is 1. The molecule has 0 saturated carbocycles. The number of alkyl halides is 3. The van der Waals surface area contributed by atoms with Crippen LogP contribution in [0.25, 0.3) is 11.0 Å². The second-order valence-corrected chi connectivity index (χ2v) is 4.02. The molecule has 0 aliphatic carbocycles. The molecule has 1 unspecified atom stereocenters. The topological polar surface area (TPSA) is 89.4 Å². The predicted molar refractivity (Wildman–Crippen MR) is 59.0 cm³/mol. The maximum atomic E-state index is 12.4. The van der Waals surface area contributed by atoms with E-state index in [9.17, 15) is 13.2 Å². The van der Waals surface area contributed by atoms with Crippen molar-refractivity contribution >= 4 is 11.0 Å². The molecule has 1 heterocycles. The van der Waals surface area contributed by atoms with Crippen LogP contribution in [0, 0.1) is 0 Å². The van der Waals surface area contributed by atoms with Gasteiger partial charge >= 0.3 is 6.18 Å². The van der Waals surface area contributed by atoms with Crippen molar-refractivity contribution in [1.82, 2.24) is 9.97 Å². The number of aromatic amines is 1. The quantitative estimate of drug-likeness (QED) is 0.677. The van der Waals surface area contributed by atoms with Crippen molar-refractivity contribution in [2.75, 3.05) is 0 Å². The first-order chi connectivity index (χ1) is 8.86. The molecular weight excluding hydrogens is 265 g/mol. The molecule has 4 N–H and O–H groups in total. The lowest BCUT2D eigenvalue weighted by molar-refractivity contribution is -0.208. The van der Waals surface area contributed by atoms with E-state index in [4.69, 9.17) is 15.3 Å². The fourth-order valence-electron chi connectivity index (χ4n) is 1.74. The van der Waals surface area contributed by atoms with Gasteiger partial charge in [-0.2, -0.15) is 13.2 Å². The Morgan fingerprint density at radius 2 is 1.74 bits per heavy atom. The van der Waals surface area contributed by atoms with Gasteiger partial charge in [-0.15, -0.1) is 0 Å². The van der Waals surface area contributed by atoms with Crippen LogP contribution in [-0.4, -0.2) is 31.5 Å². The van der Waals surface area contributed by atoms with Gasteiger partial charge in [-0.05, 0) is 23.3 Å². The van der Waals surface area contributed by atoms with E-state index in [1.165, 1.54) is 12.1 Å². The Hall–Kier alpha value is -1.64. The van der Waals surface area contributed by atoms with Crippen LogP contribution in [0.15, 0.2) is 12.1 Å². The van der Waals surface area contributed by atoms with Crippen LogP contribution < -0.4 is 0 Å². The van der Waals surface area contributed by atoms with Crippen molar-refractivity contribution in [1.29, 1.82) is 0 Å². The maximum Gasteiger partial charge on any atom is 0.421 e. The molecule has 0 radical (unpaired) electrons. The summed E-state index contributed by atoms with van der Waals surface area (Å²) in [6.07, 6.45) is -7.51. The normalized spacial score (nSPS) is 14.0. The van der Waals surface area contributed by atoms with Crippen LogP contribution in [0.2, 0.25) is 0 Å². The van der Waals surface area contributed by atoms with Crippen molar-refractivity contribution in [2.24, 2.45) is 0 Å². The van der Waals surface area contributed by atoms with Crippen molar-refractivity contribution in [3.63, 3.8) is 0 Å². The molecule has 2 aromatic rings. The fraction of sp³-hybridized carbons (Fsp3) is 0.364. The van der Waals surface area contributed by atoms with Gasteiger partial charge in [0, 0.05) is 0 Å². The zero-order valence-corrected chi connectivity index (χ0v) is 9.57. The minimum Gasteiger partial charge on any atom is -0.392 e. The molecule has 0 bridgehead atoms. The number of benzene rings is 1. The van der Waals surface area contributed by atoms with Gasteiger partial charge in [-0.25, -0.2) is 4.98 Å². The maximum absolute atomic E-state index is 12.4. The Balaban J connectivity index is 2.52. The lowest BCUT2D eigenvalue weighted by Gasteiger charge is -2.10. The van der Waals surface area contributed by atoms with E-state index in [-0.39, 0.29) is 24.2 Å². The number of aromatic nitrogens is 2. The van der Waals surface area contributed by atoms with Crippen LogP contribution in [0.4, 0.5) is 13.2 Å². The van der Waals surface area contributed by atoms with Gasteiger partial charge in [0.25, 0.3) is 0 Å². The number of imidazole rings is 1. The molecule has 104 valence electrons. The lowest BCUT2D eigenvalue weighted by Crippen LogP contribution is -2.21. The summed E-state index contributed by atoms with van der Waals surface area (Å²) in [6, 6.07) is 2.75. The first-order valence-electron chi connectivity index (χ1n) is 5.34. The minimum absolute atomic E-state index is 0.180. The molecule has 0 spiro atoms. The monoisotopic (exact) mass is 276 g/mol. The summed E-state index contributed by atoms with van der Waals surface area (Å²) in [5.41, 5.74) is 1.18. The largest absolute Gasteiger partial charge is 0.421 e. The highest BCUT2D eigenvalue weighted by Crippen LogP contribution is 2.32. The Bertz CT molecular complexity index is 554. The number of nitrogens with one attached hydrogen (secondary N) is 1. The average Bonchev–Trinajstić information content (AvgIpc) is 2.77. The molecule has 1 aromatic heterocycles. The standard InChI is InChI=1S/C11H11F3N2O3/c12-11(13,14)9(19)10-15-7-1-5(3-17)6(4-18)2-8(7)16-10/h1-2,9,17-19H,3-4H2,(H,15,16). The molecule has 1 aromatic carbocycles. The summed E-state index contributed by atoms with van der Waals surface area (Å²) >= 11 is 0. The number of aliphatic hydroxyl groups is 3. The lowest BCUT2D eigenvalue weighted by atomic mass is 10.1. The van der Waals surface area contributed by atoms with E-state index in [2.05, 4.69) is 9.97 Å². The Morgan fingerprint density at radius 1 is 1.16 bits per heavy atom. The van der Waals surface area contributed by atoms with E-state index in [1.54, 1.807) is 0 Å². The summed E-state index contributed by atoms with van der Waals surface area (Å²) < 4.78 is 37.1. The number of halogens is 3. The molecule has 2 rings (SSSR count). The van der Waals surface area contributed by atoms with Gasteiger partial charge in [0.1, 0.15) is 5.82 Å². The number of aliphatic hydroxyl groups excluding tert-OH is 3. The number of hydrogen-bond donors (Lipinski definition) is 4. The van der Waals surface area contributed by atoms with Crippen molar-refractivity contribution in [2.45, 2.75) is 25.5 Å². The molecule has 0 amide bonds. The Morgan fingerprint density at radius 3 is 2.26 bits per heavy atom. The molecule has 0 saturated heterocycles. The smallest absolute Gasteiger partial charge is 0.392 e. The van der Waals surface area contributed by atoms with Gasteiger partial charge in [0.2, 0.25) is 6.10 Å². The zero-order valence-electron chi connectivity index (χ0n) is 9.57. The fourth-order valence-corrected chi connectivity index (χ4v) is 1.74. The SMILES string of the molecule is OCc1cc2nc(C(O)C(F)(F)F)[nH]c2cc1CO. The van der Waals surface area contributed by atoms with Crippen LogP contribution in [0.3, 0.4) is 0 Å². The van der Waals surface area contributed by atoms with Gasteiger partial charge in [0.15, 0.2) is 0 Å². The average molecular weight is 276 g/mol. The summed E-state index contributed by atoms with van der Waals surface area (Å²) in [5.74, 6) is -0.624. The number of rotatable bonds is 3. The molecule has 0 aliphatic rings. The van der Waals surface area contributed by atoms with E-state index in [0.29, 0.717) is 11.1 Å². The number of H-pyrrole nitrogens is 1. The Labute approximate surface area is 105 Å². The molecule has 0 fully saturated rings. The first-order valence-corrected chi connectivity index (χ1v) is 5.34. The summed E-state index contributed by atoms with van der Waals surface area (Å²) in [5, 5.41) is 27.2. The third-order valence-electron chi connectivity index (χ3n) is 2.73. The van der Waals surface area contributed by atoms with Crippen LogP contribution in [0.1, 0.15) is 23.1 Å². The second kappa shape index (κ2) is 4.80. The Kier molecular flexibility index (Phi) is 3.48. The van der Waals surface area contributed by atoms with Crippen molar-refractivity contribution in [3.05, 3.63) is 29.1 Å². The van der Waals surface area contributed by atoms with Gasteiger partial charge < -0.3 is 20.3 Å². The molecule has 19 heavy (non-hydrogen) atoms.